The summed E-state index contributed by atoms with van der Waals surface area (Å²) < 4.78 is 0. The molecule has 0 fully saturated rings. The van der Waals surface area contributed by atoms with E-state index in [1.807, 2.05) is 48.5 Å². The van der Waals surface area contributed by atoms with Gasteiger partial charge in [-0.05, 0) is 46.5 Å². The van der Waals surface area contributed by atoms with Crippen molar-refractivity contribution in [3.63, 3.8) is 0 Å². The van der Waals surface area contributed by atoms with Gasteiger partial charge in [0.1, 0.15) is 23.6 Å². The highest BCUT2D eigenvalue weighted by Gasteiger charge is 2.32. The third-order valence-electron chi connectivity index (χ3n) is 5.77. The predicted molar refractivity (Wildman–Crippen MR) is 129 cm³/mol. The topological polar surface area (TPSA) is 65.2 Å². The molecule has 4 aromatic carbocycles. The number of nitrogens with zero attached hydrogens (tertiary/aromatic N) is 2. The third-order valence-corrected chi connectivity index (χ3v) is 5.77. The molecule has 0 aliphatic heterocycles. The molecule has 4 heteroatoms. The van der Waals surface area contributed by atoms with Gasteiger partial charge >= 0.3 is 0 Å². The smallest absolute Gasteiger partial charge is 0.124 e. The van der Waals surface area contributed by atoms with Gasteiger partial charge in [-0.15, -0.1) is 0 Å². The standard InChI is InChI=1S/C28H22N2O2/c31-25-15-7-1-9-19(25)17-29-27-23-13-5-3-11-21(23)22-12-4-6-14-24(22)28(27)30-18-20-10-2-8-16-26(20)32/h1-18,27-28,31-32H/t27-,28-/m0/s1. The Labute approximate surface area is 186 Å². The summed E-state index contributed by atoms with van der Waals surface area (Å²) in [5.74, 6) is 0.380. The Morgan fingerprint density at radius 2 is 0.875 bits per heavy atom. The van der Waals surface area contributed by atoms with Gasteiger partial charge in [-0.1, -0.05) is 72.8 Å². The van der Waals surface area contributed by atoms with E-state index in [2.05, 4.69) is 24.3 Å². The molecule has 1 aliphatic carbocycles. The van der Waals surface area contributed by atoms with Gasteiger partial charge in [0.05, 0.1) is 0 Å². The Balaban J connectivity index is 1.64. The normalized spacial score (nSPS) is 17.4. The molecule has 0 aromatic heterocycles. The Hall–Kier alpha value is -4.18. The first-order chi connectivity index (χ1) is 15.7. The minimum atomic E-state index is -0.275. The zero-order valence-corrected chi connectivity index (χ0v) is 17.3. The van der Waals surface area contributed by atoms with E-state index in [4.69, 9.17) is 9.98 Å². The SMILES string of the molecule is Oc1ccccc1C=N[C@H]1c2ccccc2-c2ccccc2[C@@H]1N=Cc1ccccc1O. The van der Waals surface area contributed by atoms with Crippen molar-refractivity contribution in [1.29, 1.82) is 0 Å². The third kappa shape index (κ3) is 3.67. The lowest BCUT2D eigenvalue weighted by molar-refractivity contribution is 0.473. The van der Waals surface area contributed by atoms with Gasteiger partial charge in [0.15, 0.2) is 0 Å². The molecule has 0 saturated heterocycles. The first kappa shape index (κ1) is 19.8. The molecule has 1 aliphatic rings. The van der Waals surface area contributed by atoms with Crippen LogP contribution in [0.5, 0.6) is 11.5 Å². The first-order valence-corrected chi connectivity index (χ1v) is 10.5. The van der Waals surface area contributed by atoms with Crippen LogP contribution in [-0.4, -0.2) is 22.6 Å². The van der Waals surface area contributed by atoms with Gasteiger partial charge in [-0.2, -0.15) is 0 Å². The fourth-order valence-corrected chi connectivity index (χ4v) is 4.18. The summed E-state index contributed by atoms with van der Waals surface area (Å²) in [6, 6.07) is 30.2. The average Bonchev–Trinajstić information content (AvgIpc) is 2.83. The molecule has 0 bridgehead atoms. The van der Waals surface area contributed by atoms with Crippen molar-refractivity contribution in [2.75, 3.05) is 0 Å². The Bertz CT molecular complexity index is 1220. The molecule has 4 nitrogen and oxygen atoms in total. The van der Waals surface area contributed by atoms with Crippen molar-refractivity contribution in [3.8, 4) is 22.6 Å². The summed E-state index contributed by atoms with van der Waals surface area (Å²) in [5, 5.41) is 20.4. The molecular weight excluding hydrogens is 396 g/mol. The van der Waals surface area contributed by atoms with Crippen LogP contribution in [0.15, 0.2) is 107 Å². The number of hydrogen-bond acceptors (Lipinski definition) is 4. The van der Waals surface area contributed by atoms with Gasteiger partial charge in [-0.25, -0.2) is 0 Å². The van der Waals surface area contributed by atoms with Crippen LogP contribution in [0.4, 0.5) is 0 Å². The summed E-state index contributed by atoms with van der Waals surface area (Å²) >= 11 is 0. The number of benzene rings is 4. The maximum atomic E-state index is 10.2. The molecule has 2 N–H and O–H groups in total. The second-order valence-corrected chi connectivity index (χ2v) is 7.74. The van der Waals surface area contributed by atoms with E-state index in [9.17, 15) is 10.2 Å². The summed E-state index contributed by atoms with van der Waals surface area (Å²) in [4.78, 5) is 9.82. The fraction of sp³-hybridized carbons (Fsp3) is 0.0714. The minimum Gasteiger partial charge on any atom is -0.507 e. The fourth-order valence-electron chi connectivity index (χ4n) is 4.18. The van der Waals surface area contributed by atoms with Crippen molar-refractivity contribution in [2.45, 2.75) is 12.1 Å². The maximum absolute atomic E-state index is 10.2. The van der Waals surface area contributed by atoms with Crippen LogP contribution in [0.1, 0.15) is 34.3 Å². The number of rotatable bonds is 4. The van der Waals surface area contributed by atoms with E-state index in [0.717, 1.165) is 22.3 Å². The molecule has 5 rings (SSSR count). The Kier molecular flexibility index (Phi) is 5.26. The summed E-state index contributed by atoms with van der Waals surface area (Å²) in [7, 11) is 0. The number of fused-ring (bicyclic) bond motifs is 3. The predicted octanol–water partition coefficient (Wildman–Crippen LogP) is 6.10. The number of phenols is 2. The van der Waals surface area contributed by atoms with E-state index in [-0.39, 0.29) is 23.6 Å². The Morgan fingerprint density at radius 1 is 0.500 bits per heavy atom. The quantitative estimate of drug-likeness (QED) is 0.393. The molecule has 0 saturated carbocycles. The van der Waals surface area contributed by atoms with Gasteiger partial charge in [0.25, 0.3) is 0 Å². The van der Waals surface area contributed by atoms with Crippen molar-refractivity contribution in [3.05, 3.63) is 119 Å². The molecule has 0 amide bonds. The lowest BCUT2D eigenvalue weighted by Gasteiger charge is -2.31. The zero-order chi connectivity index (χ0) is 21.9. The summed E-state index contributed by atoms with van der Waals surface area (Å²) in [6.07, 6.45) is 3.43. The number of phenolic OH excluding ortho intramolecular Hbond substituents is 2. The molecule has 0 spiro atoms. The maximum Gasteiger partial charge on any atom is 0.124 e. The van der Waals surface area contributed by atoms with Crippen LogP contribution in [0.3, 0.4) is 0 Å². The van der Waals surface area contributed by atoms with Crippen LogP contribution < -0.4 is 0 Å². The zero-order valence-electron chi connectivity index (χ0n) is 17.3. The highest BCUT2D eigenvalue weighted by molar-refractivity contribution is 5.86. The molecule has 2 atom stereocenters. The van der Waals surface area contributed by atoms with Gasteiger partial charge in [0, 0.05) is 23.6 Å². The Morgan fingerprint density at radius 3 is 1.31 bits per heavy atom. The molecule has 0 unspecified atom stereocenters. The first-order valence-electron chi connectivity index (χ1n) is 10.5. The molecule has 0 radical (unpaired) electrons. The molecule has 0 heterocycles. The highest BCUT2D eigenvalue weighted by Crippen LogP contribution is 2.48. The van der Waals surface area contributed by atoms with E-state index >= 15 is 0 Å². The van der Waals surface area contributed by atoms with Crippen LogP contribution in [-0.2, 0) is 0 Å². The van der Waals surface area contributed by atoms with Gasteiger partial charge in [0.2, 0.25) is 0 Å². The van der Waals surface area contributed by atoms with Crippen LogP contribution in [0.25, 0.3) is 11.1 Å². The van der Waals surface area contributed by atoms with Crippen molar-refractivity contribution >= 4 is 12.4 Å². The minimum absolute atomic E-state index is 0.190. The molecule has 32 heavy (non-hydrogen) atoms. The lowest BCUT2D eigenvalue weighted by atomic mass is 9.79. The number of aliphatic imine (C=N–C) groups is 2. The number of para-hydroxylation sites is 2. The van der Waals surface area contributed by atoms with Crippen LogP contribution in [0.2, 0.25) is 0 Å². The number of hydrogen-bond donors (Lipinski definition) is 2. The molecule has 156 valence electrons. The second-order valence-electron chi connectivity index (χ2n) is 7.74. The van der Waals surface area contributed by atoms with Crippen molar-refractivity contribution in [2.24, 2.45) is 9.98 Å². The average molecular weight is 418 g/mol. The lowest BCUT2D eigenvalue weighted by Crippen LogP contribution is -2.16. The van der Waals surface area contributed by atoms with E-state index < -0.39 is 0 Å². The van der Waals surface area contributed by atoms with Crippen LogP contribution >= 0.6 is 0 Å². The monoisotopic (exact) mass is 418 g/mol. The van der Waals surface area contributed by atoms with E-state index in [1.165, 1.54) is 0 Å². The summed E-state index contributed by atoms with van der Waals surface area (Å²) in [5.41, 5.74) is 5.75. The highest BCUT2D eigenvalue weighted by atomic mass is 16.3. The van der Waals surface area contributed by atoms with Gasteiger partial charge in [-0.3, -0.25) is 9.98 Å². The van der Waals surface area contributed by atoms with E-state index in [0.29, 0.717) is 11.1 Å². The van der Waals surface area contributed by atoms with E-state index in [1.54, 1.807) is 36.7 Å². The van der Waals surface area contributed by atoms with Crippen molar-refractivity contribution in [1.82, 2.24) is 0 Å². The largest absolute Gasteiger partial charge is 0.507 e. The molecule has 4 aromatic rings. The van der Waals surface area contributed by atoms with Crippen molar-refractivity contribution < 1.29 is 10.2 Å². The number of aromatic hydroxyl groups is 2. The molecular formula is C28H22N2O2. The second kappa shape index (κ2) is 8.52. The van der Waals surface area contributed by atoms with Crippen LogP contribution in [0, 0.1) is 0 Å². The summed E-state index contributed by atoms with van der Waals surface area (Å²) in [6.45, 7) is 0. The van der Waals surface area contributed by atoms with Gasteiger partial charge < -0.3 is 10.2 Å².